The highest BCUT2D eigenvalue weighted by molar-refractivity contribution is 5.09. The lowest BCUT2D eigenvalue weighted by Gasteiger charge is -2.20. The van der Waals surface area contributed by atoms with Gasteiger partial charge in [-0.1, -0.05) is 0 Å². The smallest absolute Gasteiger partial charge is 0.121 e. The number of aliphatic hydroxyl groups is 1. The van der Waals surface area contributed by atoms with Gasteiger partial charge in [0.15, 0.2) is 0 Å². The van der Waals surface area contributed by atoms with Crippen LogP contribution in [-0.4, -0.2) is 17.8 Å². The summed E-state index contributed by atoms with van der Waals surface area (Å²) in [5.41, 5.74) is 0. The molecule has 3 unspecified atom stereocenters. The summed E-state index contributed by atoms with van der Waals surface area (Å²) in [6, 6.07) is 0. The lowest BCUT2D eigenvalue weighted by Crippen LogP contribution is -2.21. The van der Waals surface area contributed by atoms with Crippen LogP contribution in [0.2, 0.25) is 0 Å². The van der Waals surface area contributed by atoms with Crippen molar-refractivity contribution in [1.82, 2.24) is 0 Å². The summed E-state index contributed by atoms with van der Waals surface area (Å²) in [5, 5.41) is 9.99. The molecule has 0 saturated heterocycles. The van der Waals surface area contributed by atoms with Crippen LogP contribution in [-0.2, 0) is 4.74 Å². The monoisotopic (exact) mass is 180 g/mol. The minimum Gasteiger partial charge on any atom is -0.495 e. The molecule has 0 aromatic heterocycles. The number of hydrogen-bond donors (Lipinski definition) is 1. The van der Waals surface area contributed by atoms with Crippen LogP contribution in [0.1, 0.15) is 25.7 Å². The van der Waals surface area contributed by atoms with E-state index in [1.54, 1.807) is 0 Å². The van der Waals surface area contributed by atoms with Crippen LogP contribution in [0.3, 0.4) is 0 Å². The third-order valence-corrected chi connectivity index (χ3v) is 3.75. The molecule has 2 fully saturated rings. The Morgan fingerprint density at radius 3 is 2.69 bits per heavy atom. The van der Waals surface area contributed by atoms with E-state index in [9.17, 15) is 5.11 Å². The van der Waals surface area contributed by atoms with Gasteiger partial charge in [-0.2, -0.15) is 0 Å². The first-order valence-electron chi connectivity index (χ1n) is 5.35. The predicted molar refractivity (Wildman–Crippen MR) is 49.0 cm³/mol. The molecule has 3 rings (SSSR count). The van der Waals surface area contributed by atoms with Crippen LogP contribution in [0, 0.1) is 17.8 Å². The Bertz CT molecular complexity index is 236. The number of hydrogen-bond acceptors (Lipinski definition) is 2. The van der Waals surface area contributed by atoms with Crippen molar-refractivity contribution in [2.75, 3.05) is 6.61 Å². The first kappa shape index (κ1) is 7.86. The Labute approximate surface area is 78.6 Å². The van der Waals surface area contributed by atoms with Crippen molar-refractivity contribution in [2.45, 2.75) is 31.8 Å². The molecule has 0 bridgehead atoms. The van der Waals surface area contributed by atoms with Crippen molar-refractivity contribution in [2.24, 2.45) is 17.8 Å². The molecule has 0 aromatic carbocycles. The maximum absolute atomic E-state index is 9.99. The molecule has 13 heavy (non-hydrogen) atoms. The predicted octanol–water partition coefficient (Wildman–Crippen LogP) is 1.70. The highest BCUT2D eigenvalue weighted by Gasteiger charge is 2.48. The average molecular weight is 180 g/mol. The van der Waals surface area contributed by atoms with E-state index < -0.39 is 0 Å². The molecule has 0 amide bonds. The summed E-state index contributed by atoms with van der Waals surface area (Å²) in [6.07, 6.45) is 6.61. The zero-order chi connectivity index (χ0) is 8.84. The quantitative estimate of drug-likeness (QED) is 0.700. The number of aliphatic hydroxyl groups excluding tert-OH is 1. The van der Waals surface area contributed by atoms with E-state index in [0.29, 0.717) is 5.92 Å². The molecule has 1 heterocycles. The molecule has 0 radical (unpaired) electrons. The van der Waals surface area contributed by atoms with Crippen LogP contribution in [0.4, 0.5) is 0 Å². The summed E-state index contributed by atoms with van der Waals surface area (Å²) in [7, 11) is 0. The Morgan fingerprint density at radius 1 is 1.31 bits per heavy atom. The highest BCUT2D eigenvalue weighted by Crippen LogP contribution is 2.55. The van der Waals surface area contributed by atoms with Crippen molar-refractivity contribution in [3.8, 4) is 0 Å². The Hall–Kier alpha value is -0.500. The van der Waals surface area contributed by atoms with Gasteiger partial charge in [-0.25, -0.2) is 0 Å². The third kappa shape index (κ3) is 1.28. The van der Waals surface area contributed by atoms with Crippen molar-refractivity contribution < 1.29 is 9.84 Å². The minimum atomic E-state index is -0.296. The van der Waals surface area contributed by atoms with Gasteiger partial charge in [-0.3, -0.25) is 0 Å². The summed E-state index contributed by atoms with van der Waals surface area (Å²) >= 11 is 0. The van der Waals surface area contributed by atoms with Crippen molar-refractivity contribution >= 4 is 0 Å². The van der Waals surface area contributed by atoms with Crippen LogP contribution >= 0.6 is 0 Å². The SMILES string of the molecule is OC(C1=CCCO1)C1CC2CC2C1. The van der Waals surface area contributed by atoms with Gasteiger partial charge >= 0.3 is 0 Å². The van der Waals surface area contributed by atoms with E-state index in [4.69, 9.17) is 4.74 Å². The minimum absolute atomic E-state index is 0.296. The van der Waals surface area contributed by atoms with E-state index in [0.717, 1.165) is 30.6 Å². The molecule has 3 aliphatic rings. The average Bonchev–Trinajstić information content (AvgIpc) is 2.63. The van der Waals surface area contributed by atoms with Gasteiger partial charge in [0.05, 0.1) is 6.61 Å². The summed E-state index contributed by atoms with van der Waals surface area (Å²) in [6.45, 7) is 0.770. The molecule has 3 atom stereocenters. The van der Waals surface area contributed by atoms with E-state index in [1.165, 1.54) is 19.3 Å². The molecule has 2 aliphatic carbocycles. The molecule has 72 valence electrons. The Kier molecular flexibility index (Phi) is 1.66. The standard InChI is InChI=1S/C11H16O2/c12-11(10-2-1-3-13-10)9-5-7-4-8(7)6-9/h2,7-9,11-12H,1,3-6H2. The van der Waals surface area contributed by atoms with Gasteiger partial charge in [0.1, 0.15) is 11.9 Å². The molecule has 1 aliphatic heterocycles. The second-order valence-corrected chi connectivity index (χ2v) is 4.68. The maximum Gasteiger partial charge on any atom is 0.121 e. The van der Waals surface area contributed by atoms with E-state index in [2.05, 4.69) is 6.08 Å². The molecular weight excluding hydrogens is 164 g/mol. The van der Waals surface area contributed by atoms with Crippen LogP contribution in [0.5, 0.6) is 0 Å². The zero-order valence-electron chi connectivity index (χ0n) is 7.78. The first-order chi connectivity index (χ1) is 6.34. The molecule has 2 saturated carbocycles. The van der Waals surface area contributed by atoms with E-state index >= 15 is 0 Å². The summed E-state index contributed by atoms with van der Waals surface area (Å²) in [4.78, 5) is 0. The second-order valence-electron chi connectivity index (χ2n) is 4.68. The van der Waals surface area contributed by atoms with Crippen molar-refractivity contribution in [1.29, 1.82) is 0 Å². The lowest BCUT2D eigenvalue weighted by atomic mass is 9.95. The largest absolute Gasteiger partial charge is 0.495 e. The topological polar surface area (TPSA) is 29.5 Å². The Morgan fingerprint density at radius 2 is 2.08 bits per heavy atom. The number of ether oxygens (including phenoxy) is 1. The highest BCUT2D eigenvalue weighted by atomic mass is 16.5. The fourth-order valence-electron chi connectivity index (χ4n) is 2.89. The normalized spacial score (nSPS) is 43.8. The summed E-state index contributed by atoms with van der Waals surface area (Å²) < 4.78 is 5.39. The summed E-state index contributed by atoms with van der Waals surface area (Å²) in [5.74, 6) is 3.24. The maximum atomic E-state index is 9.99. The van der Waals surface area contributed by atoms with Gasteiger partial charge in [0.2, 0.25) is 0 Å². The fraction of sp³-hybridized carbons (Fsp3) is 0.818. The Balaban J connectivity index is 1.64. The molecule has 0 spiro atoms. The number of rotatable bonds is 2. The molecule has 1 N–H and O–H groups in total. The van der Waals surface area contributed by atoms with Crippen LogP contribution < -0.4 is 0 Å². The molecule has 2 heteroatoms. The van der Waals surface area contributed by atoms with Gasteiger partial charge in [0, 0.05) is 6.42 Å². The lowest BCUT2D eigenvalue weighted by molar-refractivity contribution is 0.0717. The third-order valence-electron chi connectivity index (χ3n) is 3.75. The number of fused-ring (bicyclic) bond motifs is 1. The van der Waals surface area contributed by atoms with Gasteiger partial charge in [0.25, 0.3) is 0 Å². The zero-order valence-corrected chi connectivity index (χ0v) is 7.78. The van der Waals surface area contributed by atoms with Gasteiger partial charge < -0.3 is 9.84 Å². The molecule has 2 nitrogen and oxygen atoms in total. The first-order valence-corrected chi connectivity index (χ1v) is 5.35. The van der Waals surface area contributed by atoms with Crippen molar-refractivity contribution in [3.05, 3.63) is 11.8 Å². The van der Waals surface area contributed by atoms with Gasteiger partial charge in [-0.15, -0.1) is 0 Å². The van der Waals surface area contributed by atoms with Crippen LogP contribution in [0.15, 0.2) is 11.8 Å². The van der Waals surface area contributed by atoms with Crippen LogP contribution in [0.25, 0.3) is 0 Å². The van der Waals surface area contributed by atoms with E-state index in [-0.39, 0.29) is 6.10 Å². The van der Waals surface area contributed by atoms with Crippen molar-refractivity contribution in [3.63, 3.8) is 0 Å². The molecule has 0 aromatic rings. The fourth-order valence-corrected chi connectivity index (χ4v) is 2.89. The van der Waals surface area contributed by atoms with Gasteiger partial charge in [-0.05, 0) is 43.1 Å². The van der Waals surface area contributed by atoms with E-state index in [1.807, 2.05) is 0 Å². The second kappa shape index (κ2) is 2.74. The molecular formula is C11H16O2.